The number of halogens is 1. The van der Waals surface area contributed by atoms with Crippen molar-refractivity contribution in [3.05, 3.63) is 108 Å². The number of amides is 1. The maximum atomic E-state index is 12.8. The summed E-state index contributed by atoms with van der Waals surface area (Å²) in [5.41, 5.74) is 2.14. The van der Waals surface area contributed by atoms with Crippen LogP contribution in [0.2, 0.25) is 5.02 Å². The molecule has 0 aliphatic rings. The number of ether oxygens (including phenoxy) is 1. The Morgan fingerprint density at radius 3 is 2.67 bits per heavy atom. The largest absolute Gasteiger partial charge is 0.471 e. The van der Waals surface area contributed by atoms with Crippen LogP contribution >= 0.6 is 11.6 Å². The van der Waals surface area contributed by atoms with Gasteiger partial charge in [-0.05, 0) is 46.7 Å². The molecule has 7 nitrogen and oxygen atoms in total. The average Bonchev–Trinajstić information content (AvgIpc) is 3.48. The molecule has 0 bridgehead atoms. The van der Waals surface area contributed by atoms with E-state index in [4.69, 9.17) is 16.3 Å². The normalized spacial score (nSPS) is 10.9. The Morgan fingerprint density at radius 2 is 1.79 bits per heavy atom. The van der Waals surface area contributed by atoms with Crippen LogP contribution in [0.15, 0.2) is 91.4 Å². The number of benzene rings is 3. The van der Waals surface area contributed by atoms with Crippen molar-refractivity contribution < 1.29 is 9.53 Å². The number of fused-ring (bicyclic) bond motifs is 1. The van der Waals surface area contributed by atoms with Crippen molar-refractivity contribution in [1.29, 1.82) is 0 Å². The summed E-state index contributed by atoms with van der Waals surface area (Å²) < 4.78 is 8.99. The summed E-state index contributed by atoms with van der Waals surface area (Å²) in [7, 11) is 0. The first-order valence-corrected chi connectivity index (χ1v) is 10.7. The zero-order chi connectivity index (χ0) is 22.6. The van der Waals surface area contributed by atoms with Crippen molar-refractivity contribution in [3.63, 3.8) is 0 Å². The molecule has 1 amide bonds. The second-order valence-corrected chi connectivity index (χ2v) is 7.90. The molecule has 0 aliphatic heterocycles. The lowest BCUT2D eigenvalue weighted by atomic mass is 10.0. The molecular weight excluding hydrogens is 438 g/mol. The fraction of sp³-hybridized carbons (Fsp3) is 0.0800. The molecule has 164 valence electrons. The monoisotopic (exact) mass is 457 g/mol. The highest BCUT2D eigenvalue weighted by atomic mass is 35.5. The van der Waals surface area contributed by atoms with Gasteiger partial charge >= 0.3 is 0 Å². The molecule has 0 fully saturated rings. The van der Waals surface area contributed by atoms with Crippen molar-refractivity contribution in [2.45, 2.75) is 13.3 Å². The van der Waals surface area contributed by atoms with Gasteiger partial charge < -0.3 is 10.1 Å². The number of carbonyl (C=O) groups excluding carboxylic acids is 1. The smallest absolute Gasteiger partial charge is 0.274 e. The lowest BCUT2D eigenvalue weighted by Gasteiger charge is -2.09. The van der Waals surface area contributed by atoms with Gasteiger partial charge in [-0.25, -0.2) is 4.68 Å². The molecule has 0 saturated carbocycles. The van der Waals surface area contributed by atoms with Crippen LogP contribution in [-0.4, -0.2) is 25.5 Å². The van der Waals surface area contributed by atoms with Gasteiger partial charge in [0.05, 0.1) is 18.4 Å². The number of rotatable bonds is 7. The molecule has 2 heterocycles. The summed E-state index contributed by atoms with van der Waals surface area (Å²) >= 11 is 5.89. The predicted molar refractivity (Wildman–Crippen MR) is 128 cm³/mol. The molecular formula is C25H20ClN5O2. The number of anilines is 1. The second-order valence-electron chi connectivity index (χ2n) is 7.46. The molecule has 33 heavy (non-hydrogen) atoms. The van der Waals surface area contributed by atoms with E-state index in [9.17, 15) is 4.79 Å². The SMILES string of the molecule is O=C(Nc1cnn(Cc2cccc3ccccc23)c1)c1ccnn1COc1ccc(Cl)cc1. The van der Waals surface area contributed by atoms with Crippen LogP contribution in [0, 0.1) is 0 Å². The number of nitrogens with one attached hydrogen (secondary N) is 1. The van der Waals surface area contributed by atoms with Crippen molar-refractivity contribution in [1.82, 2.24) is 19.6 Å². The van der Waals surface area contributed by atoms with Gasteiger partial charge in [-0.15, -0.1) is 0 Å². The molecule has 1 N–H and O–H groups in total. The molecule has 8 heteroatoms. The van der Waals surface area contributed by atoms with Crippen LogP contribution in [0.5, 0.6) is 5.75 Å². The summed E-state index contributed by atoms with van der Waals surface area (Å²) in [6.45, 7) is 0.696. The average molecular weight is 458 g/mol. The first kappa shape index (κ1) is 20.8. The summed E-state index contributed by atoms with van der Waals surface area (Å²) in [5, 5.41) is 14.5. The lowest BCUT2D eigenvalue weighted by molar-refractivity contribution is 0.100. The van der Waals surface area contributed by atoms with Crippen molar-refractivity contribution in [3.8, 4) is 5.75 Å². The molecule has 0 spiro atoms. The van der Waals surface area contributed by atoms with Crippen LogP contribution in [0.3, 0.4) is 0 Å². The zero-order valence-electron chi connectivity index (χ0n) is 17.6. The minimum Gasteiger partial charge on any atom is -0.471 e. The van der Waals surface area contributed by atoms with Crippen LogP contribution in [0.25, 0.3) is 10.8 Å². The van der Waals surface area contributed by atoms with E-state index in [1.807, 2.05) is 24.4 Å². The van der Waals surface area contributed by atoms with Gasteiger partial charge in [0.25, 0.3) is 5.91 Å². The Morgan fingerprint density at radius 1 is 0.970 bits per heavy atom. The third kappa shape index (κ3) is 4.73. The van der Waals surface area contributed by atoms with Crippen LogP contribution in [-0.2, 0) is 13.3 Å². The predicted octanol–water partition coefficient (Wildman–Crippen LogP) is 5.22. The number of hydrogen-bond donors (Lipinski definition) is 1. The highest BCUT2D eigenvalue weighted by Crippen LogP contribution is 2.20. The lowest BCUT2D eigenvalue weighted by Crippen LogP contribution is -2.19. The highest BCUT2D eigenvalue weighted by molar-refractivity contribution is 6.30. The number of hydrogen-bond acceptors (Lipinski definition) is 4. The van der Waals surface area contributed by atoms with Crippen LogP contribution in [0.4, 0.5) is 5.69 Å². The van der Waals surface area contributed by atoms with Crippen molar-refractivity contribution in [2.24, 2.45) is 0 Å². The van der Waals surface area contributed by atoms with E-state index in [1.165, 1.54) is 15.5 Å². The quantitative estimate of drug-likeness (QED) is 0.363. The van der Waals surface area contributed by atoms with Gasteiger partial charge in [0.15, 0.2) is 6.73 Å². The molecule has 0 radical (unpaired) electrons. The Bertz CT molecular complexity index is 1400. The first-order chi connectivity index (χ1) is 16.2. The number of nitrogens with zero attached hydrogens (tertiary/aromatic N) is 4. The number of carbonyl (C=O) groups is 1. The van der Waals surface area contributed by atoms with E-state index >= 15 is 0 Å². The molecule has 5 aromatic rings. The zero-order valence-corrected chi connectivity index (χ0v) is 18.3. The third-order valence-electron chi connectivity index (χ3n) is 5.22. The standard InChI is InChI=1S/C25H20ClN5O2/c26-20-8-10-22(11-9-20)33-17-31-24(12-13-27-31)25(32)29-21-14-28-30(16-21)15-19-6-3-5-18-4-1-2-7-23(18)19/h1-14,16H,15,17H2,(H,29,32). The minimum atomic E-state index is -0.295. The maximum Gasteiger partial charge on any atom is 0.274 e. The van der Waals surface area contributed by atoms with E-state index < -0.39 is 0 Å². The highest BCUT2D eigenvalue weighted by Gasteiger charge is 2.14. The van der Waals surface area contributed by atoms with Gasteiger partial charge in [-0.3, -0.25) is 9.48 Å². The first-order valence-electron chi connectivity index (χ1n) is 10.4. The minimum absolute atomic E-state index is 0.0950. The van der Waals surface area contributed by atoms with E-state index in [-0.39, 0.29) is 12.6 Å². The van der Waals surface area contributed by atoms with Crippen molar-refractivity contribution >= 4 is 34.0 Å². The fourth-order valence-corrected chi connectivity index (χ4v) is 3.74. The van der Waals surface area contributed by atoms with E-state index in [0.717, 1.165) is 5.56 Å². The Kier molecular flexibility index (Phi) is 5.78. The maximum absolute atomic E-state index is 12.8. The van der Waals surface area contributed by atoms with Crippen molar-refractivity contribution in [2.75, 3.05) is 5.32 Å². The Hall–Kier alpha value is -4.10. The topological polar surface area (TPSA) is 74.0 Å². The van der Waals surface area contributed by atoms with E-state index in [2.05, 4.69) is 39.8 Å². The Balaban J connectivity index is 1.25. The van der Waals surface area contributed by atoms with Gasteiger partial charge in [0.2, 0.25) is 0 Å². The van der Waals surface area contributed by atoms with Gasteiger partial charge in [0.1, 0.15) is 11.4 Å². The Labute approximate surface area is 195 Å². The molecule has 0 saturated heterocycles. The fourth-order valence-electron chi connectivity index (χ4n) is 3.61. The molecule has 3 aromatic carbocycles. The molecule has 0 unspecified atom stereocenters. The van der Waals surface area contributed by atoms with Gasteiger partial charge in [-0.1, -0.05) is 54.1 Å². The molecule has 2 aromatic heterocycles. The molecule has 0 atom stereocenters. The van der Waals surface area contributed by atoms with E-state index in [0.29, 0.717) is 28.7 Å². The van der Waals surface area contributed by atoms with Crippen LogP contribution in [0.1, 0.15) is 16.1 Å². The summed E-state index contributed by atoms with van der Waals surface area (Å²) in [4.78, 5) is 12.8. The number of aromatic nitrogens is 4. The van der Waals surface area contributed by atoms with Gasteiger partial charge in [0, 0.05) is 17.4 Å². The van der Waals surface area contributed by atoms with Gasteiger partial charge in [-0.2, -0.15) is 10.2 Å². The third-order valence-corrected chi connectivity index (χ3v) is 5.47. The van der Waals surface area contributed by atoms with E-state index in [1.54, 1.807) is 47.4 Å². The van der Waals surface area contributed by atoms with Crippen LogP contribution < -0.4 is 10.1 Å². The second kappa shape index (κ2) is 9.18. The molecule has 0 aliphatic carbocycles. The molecule has 5 rings (SSSR count). The summed E-state index contributed by atoms with van der Waals surface area (Å²) in [6.07, 6.45) is 5.00. The summed E-state index contributed by atoms with van der Waals surface area (Å²) in [6, 6.07) is 23.1. The summed E-state index contributed by atoms with van der Waals surface area (Å²) in [5.74, 6) is 0.341.